The molecule has 0 atom stereocenters. The molecule has 1 aromatic carbocycles. The van der Waals surface area contributed by atoms with Crippen molar-refractivity contribution >= 4 is 0 Å². The lowest BCUT2D eigenvalue weighted by Gasteiger charge is -2.14. The first kappa shape index (κ1) is 15.0. The van der Waals surface area contributed by atoms with Crippen LogP contribution < -0.4 is 10.1 Å². The average Bonchev–Trinajstić information content (AvgIpc) is 2.34. The largest absolute Gasteiger partial charge is 0.493 e. The van der Waals surface area contributed by atoms with Crippen molar-refractivity contribution in [2.24, 2.45) is 0 Å². The van der Waals surface area contributed by atoms with Gasteiger partial charge >= 0.3 is 0 Å². The zero-order valence-corrected chi connectivity index (χ0v) is 11.7. The van der Waals surface area contributed by atoms with Gasteiger partial charge in [0.15, 0.2) is 0 Å². The molecule has 3 heteroatoms. The first-order chi connectivity index (χ1) is 8.63. The van der Waals surface area contributed by atoms with Crippen LogP contribution in [-0.2, 0) is 6.54 Å². The lowest BCUT2D eigenvalue weighted by Crippen LogP contribution is -2.22. The first-order valence-electron chi connectivity index (χ1n) is 6.70. The Balaban J connectivity index is 2.58. The number of aliphatic hydroxyl groups excluding tert-OH is 1. The summed E-state index contributed by atoms with van der Waals surface area (Å²) in [5.41, 5.74) is 2.45. The Hall–Kier alpha value is -1.06. The molecule has 1 aromatic rings. The second-order valence-electron chi connectivity index (χ2n) is 4.93. The lowest BCUT2D eigenvalue weighted by molar-refractivity contribution is 0.252. The summed E-state index contributed by atoms with van der Waals surface area (Å²) in [6.45, 7) is 8.09. The summed E-state index contributed by atoms with van der Waals surface area (Å²) in [5, 5.41) is 12.1. The molecule has 0 aliphatic rings. The summed E-state index contributed by atoms with van der Waals surface area (Å²) in [5.74, 6) is 0.951. The Morgan fingerprint density at radius 3 is 2.72 bits per heavy atom. The summed E-state index contributed by atoms with van der Waals surface area (Å²) in [4.78, 5) is 0. The number of aryl methyl sites for hydroxylation is 1. The van der Waals surface area contributed by atoms with Gasteiger partial charge in [-0.15, -0.1) is 0 Å². The topological polar surface area (TPSA) is 41.5 Å². The molecule has 0 bridgehead atoms. The fourth-order valence-electron chi connectivity index (χ4n) is 1.70. The Labute approximate surface area is 110 Å². The molecule has 3 nitrogen and oxygen atoms in total. The Kier molecular flexibility index (Phi) is 6.76. The van der Waals surface area contributed by atoms with Gasteiger partial charge in [-0.1, -0.05) is 31.5 Å². The van der Waals surface area contributed by atoms with Crippen LogP contribution in [0.25, 0.3) is 0 Å². The van der Waals surface area contributed by atoms with E-state index in [0.717, 1.165) is 25.1 Å². The predicted octanol–water partition coefficient (Wildman–Crippen LogP) is 2.64. The maximum absolute atomic E-state index is 8.73. The maximum atomic E-state index is 8.73. The van der Waals surface area contributed by atoms with Gasteiger partial charge in [-0.05, 0) is 25.8 Å². The summed E-state index contributed by atoms with van der Waals surface area (Å²) in [7, 11) is 0. The quantitative estimate of drug-likeness (QED) is 0.698. The molecule has 102 valence electrons. The number of hydrogen-bond acceptors (Lipinski definition) is 3. The Morgan fingerprint density at radius 2 is 2.06 bits per heavy atom. The van der Waals surface area contributed by atoms with Crippen molar-refractivity contribution in [1.29, 1.82) is 0 Å². The van der Waals surface area contributed by atoms with Crippen molar-refractivity contribution < 1.29 is 9.84 Å². The van der Waals surface area contributed by atoms with Gasteiger partial charge in [0.05, 0.1) is 6.61 Å². The van der Waals surface area contributed by atoms with Crippen molar-refractivity contribution in [2.45, 2.75) is 46.2 Å². The third kappa shape index (κ3) is 5.52. The fourth-order valence-corrected chi connectivity index (χ4v) is 1.70. The molecule has 0 amide bonds. The highest BCUT2D eigenvalue weighted by atomic mass is 16.5. The molecule has 0 unspecified atom stereocenters. The molecule has 0 aliphatic carbocycles. The van der Waals surface area contributed by atoms with Crippen LogP contribution >= 0.6 is 0 Å². The number of ether oxygens (including phenoxy) is 1. The molecule has 2 N–H and O–H groups in total. The van der Waals surface area contributed by atoms with E-state index in [-0.39, 0.29) is 6.61 Å². The minimum Gasteiger partial charge on any atom is -0.493 e. The van der Waals surface area contributed by atoms with Gasteiger partial charge < -0.3 is 15.2 Å². The third-order valence-electron chi connectivity index (χ3n) is 2.73. The van der Waals surface area contributed by atoms with Crippen molar-refractivity contribution in [2.75, 3.05) is 13.2 Å². The summed E-state index contributed by atoms with van der Waals surface area (Å²) < 4.78 is 5.78. The lowest BCUT2D eigenvalue weighted by atomic mass is 10.1. The molecule has 0 aliphatic heterocycles. The van der Waals surface area contributed by atoms with Gasteiger partial charge in [0.2, 0.25) is 0 Å². The molecule has 0 saturated heterocycles. The van der Waals surface area contributed by atoms with E-state index < -0.39 is 0 Å². The molecule has 0 heterocycles. The highest BCUT2D eigenvalue weighted by Gasteiger charge is 2.05. The number of benzene rings is 1. The molecular weight excluding hydrogens is 226 g/mol. The van der Waals surface area contributed by atoms with Crippen LogP contribution in [0.4, 0.5) is 0 Å². The second kappa shape index (κ2) is 8.11. The van der Waals surface area contributed by atoms with E-state index in [0.29, 0.717) is 12.6 Å². The van der Waals surface area contributed by atoms with Gasteiger partial charge in [-0.3, -0.25) is 0 Å². The van der Waals surface area contributed by atoms with E-state index in [1.54, 1.807) is 0 Å². The van der Waals surface area contributed by atoms with Crippen LogP contribution in [-0.4, -0.2) is 24.4 Å². The van der Waals surface area contributed by atoms with Crippen LogP contribution in [0.3, 0.4) is 0 Å². The second-order valence-corrected chi connectivity index (χ2v) is 4.93. The third-order valence-corrected chi connectivity index (χ3v) is 2.73. The zero-order valence-electron chi connectivity index (χ0n) is 11.7. The molecule has 0 aromatic heterocycles. The molecule has 0 saturated carbocycles. The molecule has 0 spiro atoms. The van der Waals surface area contributed by atoms with E-state index in [1.807, 2.05) is 6.07 Å². The van der Waals surface area contributed by atoms with E-state index >= 15 is 0 Å². The predicted molar refractivity (Wildman–Crippen MR) is 75.0 cm³/mol. The smallest absolute Gasteiger partial charge is 0.123 e. The maximum Gasteiger partial charge on any atom is 0.123 e. The van der Waals surface area contributed by atoms with E-state index in [4.69, 9.17) is 9.84 Å². The van der Waals surface area contributed by atoms with Crippen LogP contribution in [0, 0.1) is 6.92 Å². The summed E-state index contributed by atoms with van der Waals surface area (Å²) >= 11 is 0. The SMILES string of the molecule is Cc1ccc(OCCCCO)c(CNC(C)C)c1. The van der Waals surface area contributed by atoms with Crippen LogP contribution in [0.5, 0.6) is 5.75 Å². The molecule has 0 radical (unpaired) electrons. The van der Waals surface area contributed by atoms with Crippen LogP contribution in [0.2, 0.25) is 0 Å². The molecule has 18 heavy (non-hydrogen) atoms. The number of nitrogens with one attached hydrogen (secondary N) is 1. The number of aliphatic hydroxyl groups is 1. The molecule has 1 rings (SSSR count). The number of hydrogen-bond donors (Lipinski definition) is 2. The van der Waals surface area contributed by atoms with Crippen LogP contribution in [0.1, 0.15) is 37.8 Å². The fraction of sp³-hybridized carbons (Fsp3) is 0.600. The van der Waals surface area contributed by atoms with Crippen molar-refractivity contribution in [3.8, 4) is 5.75 Å². The summed E-state index contributed by atoms with van der Waals surface area (Å²) in [6, 6.07) is 6.73. The highest BCUT2D eigenvalue weighted by Crippen LogP contribution is 2.20. The van der Waals surface area contributed by atoms with Gasteiger partial charge in [-0.25, -0.2) is 0 Å². The Morgan fingerprint density at radius 1 is 1.28 bits per heavy atom. The van der Waals surface area contributed by atoms with E-state index in [2.05, 4.69) is 38.2 Å². The van der Waals surface area contributed by atoms with Crippen LogP contribution in [0.15, 0.2) is 18.2 Å². The van der Waals surface area contributed by atoms with Gasteiger partial charge in [0.25, 0.3) is 0 Å². The Bertz CT molecular complexity index is 350. The monoisotopic (exact) mass is 251 g/mol. The highest BCUT2D eigenvalue weighted by molar-refractivity contribution is 5.36. The minimum absolute atomic E-state index is 0.235. The van der Waals surface area contributed by atoms with E-state index in [9.17, 15) is 0 Å². The number of unbranched alkanes of at least 4 members (excludes halogenated alkanes) is 1. The first-order valence-corrected chi connectivity index (χ1v) is 6.70. The van der Waals surface area contributed by atoms with Gasteiger partial charge in [-0.2, -0.15) is 0 Å². The number of rotatable bonds is 8. The summed E-state index contributed by atoms with van der Waals surface area (Å²) in [6.07, 6.45) is 1.69. The minimum atomic E-state index is 0.235. The standard InChI is InChI=1S/C15H25NO2/c1-12(2)16-11-14-10-13(3)6-7-15(14)18-9-5-4-8-17/h6-7,10,12,16-17H,4-5,8-9,11H2,1-3H3. The van der Waals surface area contributed by atoms with Crippen molar-refractivity contribution in [3.63, 3.8) is 0 Å². The zero-order chi connectivity index (χ0) is 13.4. The van der Waals surface area contributed by atoms with Crippen molar-refractivity contribution in [3.05, 3.63) is 29.3 Å². The van der Waals surface area contributed by atoms with Gasteiger partial charge in [0, 0.05) is 24.8 Å². The molecular formula is C15H25NO2. The van der Waals surface area contributed by atoms with E-state index in [1.165, 1.54) is 11.1 Å². The molecule has 0 fully saturated rings. The van der Waals surface area contributed by atoms with Gasteiger partial charge in [0.1, 0.15) is 5.75 Å². The van der Waals surface area contributed by atoms with Crippen molar-refractivity contribution in [1.82, 2.24) is 5.32 Å². The average molecular weight is 251 g/mol. The normalized spacial score (nSPS) is 10.9.